The Balaban J connectivity index is 1.39. The average Bonchev–Trinajstić information content (AvgIpc) is 3.27. The summed E-state index contributed by atoms with van der Waals surface area (Å²) in [6.45, 7) is 10.2. The van der Waals surface area contributed by atoms with E-state index in [0.29, 0.717) is 74.0 Å². The number of hydrogen-bond donors (Lipinski definition) is 3. The second kappa shape index (κ2) is 12.1. The second-order valence-corrected chi connectivity index (χ2v) is 12.1. The number of rotatable bonds is 7. The lowest BCUT2D eigenvalue weighted by Gasteiger charge is -2.36. The van der Waals surface area contributed by atoms with Crippen molar-refractivity contribution in [1.82, 2.24) is 30.0 Å². The number of fused-ring (bicyclic) bond motifs is 1. The Kier molecular flexibility index (Phi) is 8.73. The van der Waals surface area contributed by atoms with Crippen molar-refractivity contribution in [2.24, 2.45) is 0 Å². The summed E-state index contributed by atoms with van der Waals surface area (Å²) in [6, 6.07) is 11.3. The zero-order valence-corrected chi connectivity index (χ0v) is 25.5. The number of H-pyrrole nitrogens is 1. The van der Waals surface area contributed by atoms with E-state index in [9.17, 15) is 9.59 Å². The van der Waals surface area contributed by atoms with Crippen LogP contribution in [0.15, 0.2) is 41.2 Å². The smallest absolute Gasteiger partial charge is 0.262 e. The lowest BCUT2D eigenvalue weighted by atomic mass is 10.1. The number of piperazine rings is 1. The number of nitrogens with one attached hydrogen (secondary N) is 3. The monoisotopic (exact) mass is 615 g/mol. The van der Waals surface area contributed by atoms with Gasteiger partial charge in [0.2, 0.25) is 5.91 Å². The molecule has 5 rings (SSSR count). The molecule has 0 unspecified atom stereocenters. The van der Waals surface area contributed by atoms with Crippen LogP contribution in [0.5, 0.6) is 0 Å². The summed E-state index contributed by atoms with van der Waals surface area (Å²) < 4.78 is 1.52. The Bertz CT molecular complexity index is 1630. The van der Waals surface area contributed by atoms with Crippen molar-refractivity contribution < 1.29 is 4.79 Å². The lowest BCUT2D eigenvalue weighted by molar-refractivity contribution is -0.118. The maximum Gasteiger partial charge on any atom is 0.262 e. The molecule has 0 saturated carbocycles. The van der Waals surface area contributed by atoms with Crippen molar-refractivity contribution in [3.63, 3.8) is 0 Å². The fourth-order valence-corrected chi connectivity index (χ4v) is 6.06. The first kappa shape index (κ1) is 29.5. The number of carbonyl (C=O) groups excluding carboxylic acids is 1. The molecule has 4 aromatic rings. The van der Waals surface area contributed by atoms with Gasteiger partial charge in [0, 0.05) is 42.3 Å². The molecule has 0 bridgehead atoms. The van der Waals surface area contributed by atoms with Gasteiger partial charge in [0.05, 0.1) is 22.3 Å². The largest absolute Gasteiger partial charge is 0.325 e. The molecule has 1 aliphatic heterocycles. The van der Waals surface area contributed by atoms with Gasteiger partial charge in [0.1, 0.15) is 16.9 Å². The molecule has 3 heterocycles. The fraction of sp³-hybridized carbons (Fsp3) is 0.379. The zero-order valence-electron chi connectivity index (χ0n) is 23.3. The molecule has 2 atom stereocenters. The third-order valence-electron chi connectivity index (χ3n) is 7.20. The number of hydrogen-bond acceptors (Lipinski definition) is 6. The van der Waals surface area contributed by atoms with E-state index in [-0.39, 0.29) is 17.4 Å². The van der Waals surface area contributed by atoms with Gasteiger partial charge in [-0.25, -0.2) is 9.67 Å². The van der Waals surface area contributed by atoms with Gasteiger partial charge in [-0.05, 0) is 49.6 Å². The molecule has 2 aromatic carbocycles. The normalized spacial score (nSPS) is 17.9. The molecule has 41 heavy (non-hydrogen) atoms. The van der Waals surface area contributed by atoms with Gasteiger partial charge in [-0.2, -0.15) is 5.10 Å². The fourth-order valence-electron chi connectivity index (χ4n) is 5.08. The maximum absolute atomic E-state index is 13.3. The highest BCUT2D eigenvalue weighted by atomic mass is 35.5. The summed E-state index contributed by atoms with van der Waals surface area (Å²) in [5.74, 6) is 0.362. The van der Waals surface area contributed by atoms with Crippen LogP contribution in [0.3, 0.4) is 0 Å². The topological polar surface area (TPSA) is 108 Å². The highest BCUT2D eigenvalue weighted by Gasteiger charge is 2.25. The van der Waals surface area contributed by atoms with Gasteiger partial charge < -0.3 is 15.6 Å². The van der Waals surface area contributed by atoms with E-state index in [4.69, 9.17) is 39.8 Å². The molecule has 1 fully saturated rings. The quantitative estimate of drug-likeness (QED) is 0.257. The van der Waals surface area contributed by atoms with Crippen molar-refractivity contribution in [1.29, 1.82) is 0 Å². The second-order valence-electron chi connectivity index (χ2n) is 10.9. The Morgan fingerprint density at radius 1 is 1.12 bits per heavy atom. The molecular formula is C29H32Cl3N7O2. The molecule has 1 aliphatic rings. The zero-order chi connectivity index (χ0) is 29.4. The van der Waals surface area contributed by atoms with Crippen molar-refractivity contribution in [3.05, 3.63) is 78.9 Å². The molecule has 0 aliphatic carbocycles. The van der Waals surface area contributed by atoms with Gasteiger partial charge in [-0.3, -0.25) is 14.5 Å². The molecule has 0 radical (unpaired) electrons. The number of amides is 1. The Hall–Kier alpha value is -2.95. The Labute approximate surface area is 253 Å². The van der Waals surface area contributed by atoms with Gasteiger partial charge in [-0.1, -0.05) is 60.8 Å². The molecule has 3 N–H and O–H groups in total. The van der Waals surface area contributed by atoms with Crippen LogP contribution < -0.4 is 16.2 Å². The van der Waals surface area contributed by atoms with Gasteiger partial charge in [-0.15, -0.1) is 0 Å². The molecule has 2 aromatic heterocycles. The van der Waals surface area contributed by atoms with Crippen LogP contribution in [-0.4, -0.2) is 62.3 Å². The van der Waals surface area contributed by atoms with Crippen LogP contribution in [0.25, 0.3) is 16.7 Å². The number of aromatic nitrogens is 4. The molecule has 9 nitrogen and oxygen atoms in total. The predicted molar refractivity (Wildman–Crippen MR) is 165 cm³/mol. The number of halogens is 3. The van der Waals surface area contributed by atoms with E-state index in [1.54, 1.807) is 12.1 Å². The number of carbonyl (C=O) groups is 1. The summed E-state index contributed by atoms with van der Waals surface area (Å²) >= 11 is 19.1. The first-order chi connectivity index (χ1) is 19.5. The first-order valence-electron chi connectivity index (χ1n) is 13.5. The van der Waals surface area contributed by atoms with Crippen LogP contribution in [0.1, 0.15) is 50.7 Å². The van der Waals surface area contributed by atoms with E-state index in [2.05, 4.69) is 39.5 Å². The van der Waals surface area contributed by atoms with Crippen LogP contribution in [0.4, 0.5) is 5.69 Å². The van der Waals surface area contributed by atoms with E-state index < -0.39 is 0 Å². The van der Waals surface area contributed by atoms with Crippen molar-refractivity contribution in [3.8, 4) is 5.69 Å². The maximum atomic E-state index is 13.3. The van der Waals surface area contributed by atoms with E-state index in [1.807, 2.05) is 38.1 Å². The van der Waals surface area contributed by atoms with Crippen LogP contribution in [-0.2, 0) is 11.2 Å². The van der Waals surface area contributed by atoms with Gasteiger partial charge in [0.15, 0.2) is 5.65 Å². The number of benzene rings is 2. The van der Waals surface area contributed by atoms with Crippen LogP contribution in [0, 0.1) is 0 Å². The highest BCUT2D eigenvalue weighted by molar-refractivity contribution is 6.40. The summed E-state index contributed by atoms with van der Waals surface area (Å²) in [6.07, 6.45) is 0.361. The lowest BCUT2D eigenvalue weighted by Crippen LogP contribution is -2.55. The molecule has 1 saturated heterocycles. The number of anilines is 1. The summed E-state index contributed by atoms with van der Waals surface area (Å²) in [5, 5.41) is 12.5. The average molecular weight is 617 g/mol. The first-order valence-corrected chi connectivity index (χ1v) is 14.7. The minimum absolute atomic E-state index is 0.0432. The van der Waals surface area contributed by atoms with Crippen molar-refractivity contribution in [2.75, 3.05) is 25.0 Å². The van der Waals surface area contributed by atoms with Crippen molar-refractivity contribution >= 4 is 57.4 Å². The summed E-state index contributed by atoms with van der Waals surface area (Å²) in [7, 11) is 0. The third kappa shape index (κ3) is 6.44. The van der Waals surface area contributed by atoms with Gasteiger partial charge in [0.25, 0.3) is 5.56 Å². The molecular weight excluding hydrogens is 585 g/mol. The summed E-state index contributed by atoms with van der Waals surface area (Å²) in [5.41, 5.74) is 2.68. The van der Waals surface area contributed by atoms with Crippen LogP contribution >= 0.6 is 34.8 Å². The molecule has 12 heteroatoms. The molecule has 216 valence electrons. The molecule has 1 amide bonds. The highest BCUT2D eigenvalue weighted by Crippen LogP contribution is 2.34. The van der Waals surface area contributed by atoms with Gasteiger partial charge >= 0.3 is 0 Å². The number of aromatic amines is 1. The third-order valence-corrected chi connectivity index (χ3v) is 8.00. The van der Waals surface area contributed by atoms with Crippen molar-refractivity contribution in [2.45, 2.75) is 52.1 Å². The molecule has 0 spiro atoms. The summed E-state index contributed by atoms with van der Waals surface area (Å²) in [4.78, 5) is 35.8. The Morgan fingerprint density at radius 2 is 1.80 bits per heavy atom. The SMILES string of the molecule is CC(C)c1nn(-c2c(Cl)cc(Cl)cc2Cl)c2nc(Cc3ccc(NC(=O)CN4C[C@@H](C)NC[C@@H]4C)cc3)[nH]c(=O)c12. The van der Waals surface area contributed by atoms with Crippen LogP contribution in [0.2, 0.25) is 15.1 Å². The minimum atomic E-state index is -0.290. The van der Waals surface area contributed by atoms with E-state index in [1.165, 1.54) is 4.68 Å². The minimum Gasteiger partial charge on any atom is -0.325 e. The van der Waals surface area contributed by atoms with E-state index >= 15 is 0 Å². The standard InChI is InChI=1S/C29H32Cl3N7O2/c1-15(2)26-25-28(39(37-26)27-21(31)10-19(30)11-22(27)32)35-23(36-29(25)41)9-18-5-7-20(8-6-18)34-24(40)14-38-13-16(3)33-12-17(38)4/h5-8,10-11,15-17,33H,9,12-14H2,1-4H3,(H,34,40)(H,35,36,41)/t16-,17+/m1/s1. The number of nitrogens with zero attached hydrogens (tertiary/aromatic N) is 4. The Morgan fingerprint density at radius 3 is 2.46 bits per heavy atom. The van der Waals surface area contributed by atoms with E-state index in [0.717, 1.165) is 18.7 Å². The predicted octanol–water partition coefficient (Wildman–Crippen LogP) is 5.40.